The van der Waals surface area contributed by atoms with Crippen LogP contribution in [0.4, 0.5) is 0 Å². The first-order chi connectivity index (χ1) is 8.86. The van der Waals surface area contributed by atoms with Gasteiger partial charge < -0.3 is 10.6 Å². The highest BCUT2D eigenvalue weighted by atomic mass is 15.0. The number of nitrogens with one attached hydrogen (secondary N) is 2. The van der Waals surface area contributed by atoms with Gasteiger partial charge in [-0.15, -0.1) is 0 Å². The van der Waals surface area contributed by atoms with Gasteiger partial charge in [0.15, 0.2) is 0 Å². The fourth-order valence-electron chi connectivity index (χ4n) is 2.19. The maximum atomic E-state index is 4.06. The molecule has 2 aromatic rings. The zero-order valence-corrected chi connectivity index (χ0v) is 10.7. The molecule has 4 nitrogen and oxygen atoms in total. The lowest BCUT2D eigenvalue weighted by atomic mass is 9.95. The standard InChI is InChI=1S/C14H18N4/c1-15-13(11-3-7-17-8-4-11)14(16-2)12-5-9-18-10-6-12/h3-10,13-16H,1-2H3/t13-,14-/m1/s1. The molecule has 0 unspecified atom stereocenters. The van der Waals surface area contributed by atoms with Gasteiger partial charge in [0.1, 0.15) is 0 Å². The smallest absolute Gasteiger partial charge is 0.0516 e. The number of rotatable bonds is 5. The molecular formula is C14H18N4. The van der Waals surface area contributed by atoms with Gasteiger partial charge in [0, 0.05) is 24.8 Å². The number of likely N-dealkylation sites (N-methyl/N-ethyl adjacent to an activating group) is 2. The molecule has 0 aromatic carbocycles. The van der Waals surface area contributed by atoms with E-state index in [2.05, 4.69) is 20.6 Å². The summed E-state index contributed by atoms with van der Waals surface area (Å²) < 4.78 is 0. The van der Waals surface area contributed by atoms with Crippen molar-refractivity contribution in [3.8, 4) is 0 Å². The second-order valence-corrected chi connectivity index (χ2v) is 4.09. The van der Waals surface area contributed by atoms with Crippen molar-refractivity contribution >= 4 is 0 Å². The van der Waals surface area contributed by atoms with Crippen LogP contribution in [-0.4, -0.2) is 24.1 Å². The van der Waals surface area contributed by atoms with Gasteiger partial charge in [-0.05, 0) is 49.5 Å². The summed E-state index contributed by atoms with van der Waals surface area (Å²) in [6.45, 7) is 0. The van der Waals surface area contributed by atoms with Crippen molar-refractivity contribution in [3.63, 3.8) is 0 Å². The Morgan fingerprint density at radius 2 is 1.06 bits per heavy atom. The molecule has 0 aliphatic carbocycles. The summed E-state index contributed by atoms with van der Waals surface area (Å²) in [5, 5.41) is 6.71. The quantitative estimate of drug-likeness (QED) is 0.838. The molecule has 0 fully saturated rings. The lowest BCUT2D eigenvalue weighted by molar-refractivity contribution is 0.432. The molecule has 0 amide bonds. The molecule has 18 heavy (non-hydrogen) atoms. The molecule has 0 radical (unpaired) electrons. The van der Waals surface area contributed by atoms with Crippen LogP contribution in [0.25, 0.3) is 0 Å². The van der Waals surface area contributed by atoms with Crippen LogP contribution in [0, 0.1) is 0 Å². The maximum absolute atomic E-state index is 4.06. The molecule has 2 N–H and O–H groups in total. The van der Waals surface area contributed by atoms with E-state index in [1.54, 1.807) is 0 Å². The second-order valence-electron chi connectivity index (χ2n) is 4.09. The normalized spacial score (nSPS) is 14.1. The van der Waals surface area contributed by atoms with Crippen molar-refractivity contribution < 1.29 is 0 Å². The van der Waals surface area contributed by atoms with Gasteiger partial charge in [-0.2, -0.15) is 0 Å². The molecule has 2 rings (SSSR count). The highest BCUT2D eigenvalue weighted by Crippen LogP contribution is 2.27. The van der Waals surface area contributed by atoms with E-state index < -0.39 is 0 Å². The number of hydrogen-bond acceptors (Lipinski definition) is 4. The molecule has 0 saturated heterocycles. The highest BCUT2D eigenvalue weighted by Gasteiger charge is 2.21. The highest BCUT2D eigenvalue weighted by molar-refractivity contribution is 5.24. The summed E-state index contributed by atoms with van der Waals surface area (Å²) in [7, 11) is 3.94. The zero-order chi connectivity index (χ0) is 12.8. The minimum atomic E-state index is 0.195. The molecule has 0 aliphatic heterocycles. The predicted octanol–water partition coefficient (Wildman–Crippen LogP) is 1.70. The largest absolute Gasteiger partial charge is 0.311 e. The minimum absolute atomic E-state index is 0.195. The fraction of sp³-hybridized carbons (Fsp3) is 0.286. The monoisotopic (exact) mass is 242 g/mol. The number of pyridine rings is 2. The topological polar surface area (TPSA) is 49.8 Å². The minimum Gasteiger partial charge on any atom is -0.311 e. The van der Waals surface area contributed by atoms with Crippen molar-refractivity contribution in [1.82, 2.24) is 20.6 Å². The van der Waals surface area contributed by atoms with E-state index in [0.717, 1.165) is 0 Å². The van der Waals surface area contributed by atoms with Crippen LogP contribution < -0.4 is 10.6 Å². The first kappa shape index (κ1) is 12.7. The van der Waals surface area contributed by atoms with Crippen molar-refractivity contribution in [3.05, 3.63) is 60.2 Å². The van der Waals surface area contributed by atoms with E-state index in [1.165, 1.54) is 11.1 Å². The summed E-state index contributed by atoms with van der Waals surface area (Å²) in [4.78, 5) is 8.12. The number of hydrogen-bond donors (Lipinski definition) is 2. The lowest BCUT2D eigenvalue weighted by Gasteiger charge is -2.27. The maximum Gasteiger partial charge on any atom is 0.0516 e. The molecule has 0 saturated carbocycles. The molecule has 0 spiro atoms. The Hall–Kier alpha value is -1.78. The molecule has 0 aliphatic rings. The summed E-state index contributed by atoms with van der Waals surface area (Å²) in [6.07, 6.45) is 7.27. The Kier molecular flexibility index (Phi) is 4.39. The van der Waals surface area contributed by atoms with Crippen molar-refractivity contribution in [1.29, 1.82) is 0 Å². The second kappa shape index (κ2) is 6.23. The fourth-order valence-corrected chi connectivity index (χ4v) is 2.19. The number of aromatic nitrogens is 2. The first-order valence-electron chi connectivity index (χ1n) is 6.01. The summed E-state index contributed by atoms with van der Waals surface area (Å²) in [6, 6.07) is 8.53. The van der Waals surface area contributed by atoms with Gasteiger partial charge >= 0.3 is 0 Å². The Balaban J connectivity index is 2.31. The molecule has 2 aromatic heterocycles. The van der Waals surface area contributed by atoms with Crippen molar-refractivity contribution in [2.45, 2.75) is 12.1 Å². The van der Waals surface area contributed by atoms with E-state index in [4.69, 9.17) is 0 Å². The third-order valence-corrected chi connectivity index (χ3v) is 3.09. The van der Waals surface area contributed by atoms with Crippen molar-refractivity contribution in [2.24, 2.45) is 0 Å². The molecular weight excluding hydrogens is 224 g/mol. The Morgan fingerprint density at radius 1 is 0.722 bits per heavy atom. The molecule has 94 valence electrons. The Morgan fingerprint density at radius 3 is 1.33 bits per heavy atom. The van der Waals surface area contributed by atoms with E-state index in [0.29, 0.717) is 0 Å². The van der Waals surface area contributed by atoms with Crippen LogP contribution in [0.1, 0.15) is 23.2 Å². The number of nitrogens with zero attached hydrogens (tertiary/aromatic N) is 2. The summed E-state index contributed by atoms with van der Waals surface area (Å²) >= 11 is 0. The van der Waals surface area contributed by atoms with E-state index >= 15 is 0 Å². The summed E-state index contributed by atoms with van der Waals surface area (Å²) in [5.74, 6) is 0. The van der Waals surface area contributed by atoms with Gasteiger partial charge in [0.25, 0.3) is 0 Å². The third kappa shape index (κ3) is 2.72. The zero-order valence-electron chi connectivity index (χ0n) is 10.7. The van der Waals surface area contributed by atoms with E-state index in [-0.39, 0.29) is 12.1 Å². The van der Waals surface area contributed by atoms with Crippen LogP contribution in [0.5, 0.6) is 0 Å². The molecule has 4 heteroatoms. The van der Waals surface area contributed by atoms with Crippen LogP contribution >= 0.6 is 0 Å². The van der Waals surface area contributed by atoms with E-state index in [1.807, 2.05) is 63.1 Å². The van der Waals surface area contributed by atoms with Gasteiger partial charge in [-0.1, -0.05) is 0 Å². The van der Waals surface area contributed by atoms with Gasteiger partial charge in [-0.3, -0.25) is 9.97 Å². The first-order valence-corrected chi connectivity index (χ1v) is 6.01. The SMILES string of the molecule is CN[C@H](c1ccncc1)[C@H](NC)c1ccncc1. The van der Waals surface area contributed by atoms with Crippen LogP contribution in [0.3, 0.4) is 0 Å². The molecule has 0 bridgehead atoms. The van der Waals surface area contributed by atoms with Crippen LogP contribution in [0.2, 0.25) is 0 Å². The lowest BCUT2D eigenvalue weighted by Crippen LogP contribution is -2.31. The van der Waals surface area contributed by atoms with Crippen LogP contribution in [-0.2, 0) is 0 Å². The molecule has 2 heterocycles. The molecule has 2 atom stereocenters. The van der Waals surface area contributed by atoms with E-state index in [9.17, 15) is 0 Å². The van der Waals surface area contributed by atoms with Gasteiger partial charge in [0.05, 0.1) is 12.1 Å². The average molecular weight is 242 g/mol. The van der Waals surface area contributed by atoms with Crippen LogP contribution in [0.15, 0.2) is 49.1 Å². The Labute approximate surface area is 107 Å². The predicted molar refractivity (Wildman–Crippen MR) is 72.1 cm³/mol. The van der Waals surface area contributed by atoms with Gasteiger partial charge in [-0.25, -0.2) is 0 Å². The third-order valence-electron chi connectivity index (χ3n) is 3.09. The van der Waals surface area contributed by atoms with Crippen molar-refractivity contribution in [2.75, 3.05) is 14.1 Å². The summed E-state index contributed by atoms with van der Waals surface area (Å²) in [5.41, 5.74) is 2.42. The van der Waals surface area contributed by atoms with Gasteiger partial charge in [0.2, 0.25) is 0 Å². The average Bonchev–Trinajstić information content (AvgIpc) is 2.46. The Bertz CT molecular complexity index is 412.